The van der Waals surface area contributed by atoms with Crippen molar-refractivity contribution in [3.05, 3.63) is 35.6 Å². The van der Waals surface area contributed by atoms with Crippen LogP contribution in [0.4, 0.5) is 4.39 Å². The van der Waals surface area contributed by atoms with Gasteiger partial charge in [0.25, 0.3) is 0 Å². The average molecular weight is 406 g/mol. The number of halogens is 1. The van der Waals surface area contributed by atoms with Crippen LogP contribution in [0.2, 0.25) is 0 Å². The highest BCUT2D eigenvalue weighted by molar-refractivity contribution is 5.80. The van der Waals surface area contributed by atoms with Gasteiger partial charge < -0.3 is 15.4 Å². The molecule has 0 aromatic heterocycles. The SMILES string of the molecule is CN=C(NCC(C)N1CCOCC1C)NC1CCN(Cc2ccc(F)cc2)CC1. The van der Waals surface area contributed by atoms with Gasteiger partial charge in [-0.25, -0.2) is 4.39 Å². The van der Waals surface area contributed by atoms with E-state index < -0.39 is 0 Å². The Kier molecular flexibility index (Phi) is 8.27. The quantitative estimate of drug-likeness (QED) is 0.561. The fourth-order valence-corrected chi connectivity index (χ4v) is 4.23. The molecule has 1 aromatic rings. The van der Waals surface area contributed by atoms with E-state index in [1.54, 1.807) is 0 Å². The van der Waals surface area contributed by atoms with Crippen LogP contribution in [0.1, 0.15) is 32.3 Å². The third kappa shape index (κ3) is 6.66. The number of hydrogen-bond acceptors (Lipinski definition) is 4. The van der Waals surface area contributed by atoms with Crippen molar-refractivity contribution in [1.29, 1.82) is 0 Å². The molecule has 6 nitrogen and oxygen atoms in total. The monoisotopic (exact) mass is 405 g/mol. The van der Waals surface area contributed by atoms with Gasteiger partial charge >= 0.3 is 0 Å². The fourth-order valence-electron chi connectivity index (χ4n) is 4.23. The van der Waals surface area contributed by atoms with Gasteiger partial charge in [-0.3, -0.25) is 14.8 Å². The van der Waals surface area contributed by atoms with E-state index in [0.717, 1.165) is 64.7 Å². The molecular formula is C22H36FN5O. The Balaban J connectivity index is 1.38. The number of aliphatic imine (C=N–C) groups is 1. The highest BCUT2D eigenvalue weighted by Gasteiger charge is 2.24. The molecule has 0 bridgehead atoms. The number of morpholine rings is 1. The summed E-state index contributed by atoms with van der Waals surface area (Å²) in [6.45, 7) is 10.9. The van der Waals surface area contributed by atoms with Gasteiger partial charge in [-0.05, 0) is 44.4 Å². The molecular weight excluding hydrogens is 369 g/mol. The van der Waals surface area contributed by atoms with Gasteiger partial charge in [-0.15, -0.1) is 0 Å². The minimum absolute atomic E-state index is 0.173. The number of rotatable bonds is 6. The van der Waals surface area contributed by atoms with Crippen molar-refractivity contribution >= 4 is 5.96 Å². The first-order chi connectivity index (χ1) is 14.0. The van der Waals surface area contributed by atoms with Gasteiger partial charge in [-0.1, -0.05) is 12.1 Å². The van der Waals surface area contributed by atoms with Crippen molar-refractivity contribution in [2.75, 3.05) is 46.4 Å². The lowest BCUT2D eigenvalue weighted by Crippen LogP contribution is -2.54. The maximum atomic E-state index is 13.1. The minimum atomic E-state index is -0.173. The Bertz CT molecular complexity index is 645. The van der Waals surface area contributed by atoms with Crippen molar-refractivity contribution in [1.82, 2.24) is 20.4 Å². The number of nitrogens with zero attached hydrogens (tertiary/aromatic N) is 3. The molecule has 2 saturated heterocycles. The predicted octanol–water partition coefficient (Wildman–Crippen LogP) is 2.06. The average Bonchev–Trinajstić information content (AvgIpc) is 2.74. The van der Waals surface area contributed by atoms with Crippen LogP contribution < -0.4 is 10.6 Å². The molecule has 2 unspecified atom stereocenters. The van der Waals surface area contributed by atoms with E-state index in [-0.39, 0.29) is 5.82 Å². The van der Waals surface area contributed by atoms with E-state index in [1.807, 2.05) is 19.2 Å². The Morgan fingerprint density at radius 3 is 2.62 bits per heavy atom. The second-order valence-electron chi connectivity index (χ2n) is 8.29. The summed E-state index contributed by atoms with van der Waals surface area (Å²) in [7, 11) is 1.83. The molecule has 1 aromatic carbocycles. The number of guanidine groups is 1. The maximum absolute atomic E-state index is 13.1. The van der Waals surface area contributed by atoms with Crippen LogP contribution in [0.25, 0.3) is 0 Å². The molecule has 3 rings (SSSR count). The van der Waals surface area contributed by atoms with Crippen molar-refractivity contribution < 1.29 is 9.13 Å². The van der Waals surface area contributed by atoms with Gasteiger partial charge in [0, 0.05) is 57.9 Å². The predicted molar refractivity (Wildman–Crippen MR) is 116 cm³/mol. The lowest BCUT2D eigenvalue weighted by molar-refractivity contribution is -0.0174. The van der Waals surface area contributed by atoms with Gasteiger partial charge in [0.05, 0.1) is 13.2 Å². The topological polar surface area (TPSA) is 52.1 Å². The molecule has 2 aliphatic heterocycles. The first-order valence-corrected chi connectivity index (χ1v) is 10.8. The Labute approximate surface area is 174 Å². The molecule has 2 heterocycles. The third-order valence-corrected chi connectivity index (χ3v) is 6.02. The normalized spacial score (nSPS) is 23.7. The molecule has 0 amide bonds. The molecule has 162 valence electrons. The van der Waals surface area contributed by atoms with E-state index in [0.29, 0.717) is 18.1 Å². The molecule has 29 heavy (non-hydrogen) atoms. The lowest BCUT2D eigenvalue weighted by Gasteiger charge is -2.38. The summed E-state index contributed by atoms with van der Waals surface area (Å²) in [4.78, 5) is 9.35. The third-order valence-electron chi connectivity index (χ3n) is 6.02. The summed E-state index contributed by atoms with van der Waals surface area (Å²) in [5.74, 6) is 0.711. The summed E-state index contributed by atoms with van der Waals surface area (Å²) >= 11 is 0. The fraction of sp³-hybridized carbons (Fsp3) is 0.682. The van der Waals surface area contributed by atoms with Crippen LogP contribution in [0, 0.1) is 5.82 Å². The Morgan fingerprint density at radius 2 is 1.97 bits per heavy atom. The van der Waals surface area contributed by atoms with Gasteiger partial charge in [0.2, 0.25) is 0 Å². The summed E-state index contributed by atoms with van der Waals surface area (Å²) in [5.41, 5.74) is 1.17. The van der Waals surface area contributed by atoms with E-state index in [1.165, 1.54) is 17.7 Å². The second-order valence-corrected chi connectivity index (χ2v) is 8.29. The highest BCUT2D eigenvalue weighted by atomic mass is 19.1. The summed E-state index contributed by atoms with van der Waals surface area (Å²) < 4.78 is 18.6. The zero-order valence-corrected chi connectivity index (χ0v) is 18.0. The van der Waals surface area contributed by atoms with Crippen LogP contribution in [0.3, 0.4) is 0 Å². The number of hydrogen-bond donors (Lipinski definition) is 2. The maximum Gasteiger partial charge on any atom is 0.191 e. The van der Waals surface area contributed by atoms with E-state index in [4.69, 9.17) is 4.74 Å². The smallest absolute Gasteiger partial charge is 0.191 e. The van der Waals surface area contributed by atoms with Crippen LogP contribution in [0.15, 0.2) is 29.3 Å². The Hall–Kier alpha value is -1.70. The standard InChI is InChI=1S/C22H36FN5O/c1-17(28-12-13-29-16-18(28)2)14-25-22(24-3)26-21-8-10-27(11-9-21)15-19-4-6-20(23)7-5-19/h4-7,17-18,21H,8-16H2,1-3H3,(H2,24,25,26). The number of benzene rings is 1. The zero-order chi connectivity index (χ0) is 20.6. The molecule has 2 N–H and O–H groups in total. The minimum Gasteiger partial charge on any atom is -0.379 e. The van der Waals surface area contributed by atoms with Gasteiger partial charge in [-0.2, -0.15) is 0 Å². The van der Waals surface area contributed by atoms with Crippen molar-refractivity contribution in [2.24, 2.45) is 4.99 Å². The molecule has 0 aliphatic carbocycles. The number of likely N-dealkylation sites (tertiary alicyclic amines) is 1. The van der Waals surface area contributed by atoms with E-state index >= 15 is 0 Å². The van der Waals surface area contributed by atoms with Gasteiger partial charge in [0.1, 0.15) is 5.82 Å². The number of piperidine rings is 1. The van der Waals surface area contributed by atoms with Crippen LogP contribution in [0.5, 0.6) is 0 Å². The first kappa shape index (κ1) is 22.0. The molecule has 0 spiro atoms. The van der Waals surface area contributed by atoms with Crippen molar-refractivity contribution in [2.45, 2.75) is 51.4 Å². The highest BCUT2D eigenvalue weighted by Crippen LogP contribution is 2.14. The van der Waals surface area contributed by atoms with Crippen LogP contribution in [-0.2, 0) is 11.3 Å². The molecule has 2 atom stereocenters. The van der Waals surface area contributed by atoms with E-state index in [9.17, 15) is 4.39 Å². The largest absolute Gasteiger partial charge is 0.379 e. The molecule has 0 radical (unpaired) electrons. The van der Waals surface area contributed by atoms with Crippen LogP contribution in [-0.4, -0.2) is 80.3 Å². The lowest BCUT2D eigenvalue weighted by atomic mass is 10.0. The van der Waals surface area contributed by atoms with E-state index in [2.05, 4.69) is 39.3 Å². The van der Waals surface area contributed by atoms with Gasteiger partial charge in [0.15, 0.2) is 5.96 Å². The summed E-state index contributed by atoms with van der Waals surface area (Å²) in [6, 6.07) is 8.16. The molecule has 2 fully saturated rings. The molecule has 7 heteroatoms. The molecule has 0 saturated carbocycles. The Morgan fingerprint density at radius 1 is 1.24 bits per heavy atom. The van der Waals surface area contributed by atoms with Crippen molar-refractivity contribution in [3.8, 4) is 0 Å². The van der Waals surface area contributed by atoms with Crippen molar-refractivity contribution in [3.63, 3.8) is 0 Å². The zero-order valence-electron chi connectivity index (χ0n) is 18.0. The molecule has 2 aliphatic rings. The summed E-state index contributed by atoms with van der Waals surface area (Å²) in [6.07, 6.45) is 2.16. The van der Waals surface area contributed by atoms with Crippen LogP contribution >= 0.6 is 0 Å². The number of ether oxygens (including phenoxy) is 1. The number of nitrogens with one attached hydrogen (secondary N) is 2. The first-order valence-electron chi connectivity index (χ1n) is 10.8. The summed E-state index contributed by atoms with van der Waals surface area (Å²) in [5, 5.41) is 7.08. The second kappa shape index (κ2) is 10.9.